The fourth-order valence-corrected chi connectivity index (χ4v) is 2.57. The molecule has 0 aliphatic heterocycles. The van der Waals surface area contributed by atoms with Crippen LogP contribution in [0.4, 0.5) is 0 Å². The largest absolute Gasteiger partial charge is 0.313 e. The molecular formula is C14H19N3OS. The number of nitrogens with one attached hydrogen (secondary N) is 1. The maximum absolute atomic E-state index is 12.3. The first-order valence-corrected chi connectivity index (χ1v) is 7.49. The van der Waals surface area contributed by atoms with Gasteiger partial charge in [-0.1, -0.05) is 19.9 Å². The highest BCUT2D eigenvalue weighted by molar-refractivity contribution is 7.13. The predicted octanol–water partition coefficient (Wildman–Crippen LogP) is 2.49. The van der Waals surface area contributed by atoms with Gasteiger partial charge in [0, 0.05) is 18.7 Å². The summed E-state index contributed by atoms with van der Waals surface area (Å²) in [5.41, 5.74) is 1.69. The Morgan fingerprint density at radius 2 is 2.26 bits per heavy atom. The van der Waals surface area contributed by atoms with E-state index in [-0.39, 0.29) is 5.56 Å². The van der Waals surface area contributed by atoms with Crippen LogP contribution in [0, 0.1) is 0 Å². The van der Waals surface area contributed by atoms with Crippen LogP contribution in [0.25, 0.3) is 10.6 Å². The van der Waals surface area contributed by atoms with Crippen molar-refractivity contribution in [3.05, 3.63) is 39.5 Å². The molecule has 2 heterocycles. The van der Waals surface area contributed by atoms with Crippen molar-refractivity contribution in [3.8, 4) is 10.6 Å². The lowest BCUT2D eigenvalue weighted by molar-refractivity contribution is 0.559. The molecule has 5 heteroatoms. The highest BCUT2D eigenvalue weighted by Crippen LogP contribution is 2.22. The van der Waals surface area contributed by atoms with E-state index in [9.17, 15) is 4.79 Å². The molecule has 0 saturated carbocycles. The summed E-state index contributed by atoms with van der Waals surface area (Å²) < 4.78 is 1.59. The molecule has 4 nitrogen and oxygen atoms in total. The average molecular weight is 277 g/mol. The van der Waals surface area contributed by atoms with Gasteiger partial charge in [-0.2, -0.15) is 5.10 Å². The van der Waals surface area contributed by atoms with Crippen LogP contribution < -0.4 is 10.9 Å². The van der Waals surface area contributed by atoms with E-state index in [1.54, 1.807) is 16.0 Å². The molecule has 0 saturated heterocycles. The first kappa shape index (κ1) is 14.0. The van der Waals surface area contributed by atoms with Crippen LogP contribution in [-0.2, 0) is 13.1 Å². The third-order valence-electron chi connectivity index (χ3n) is 2.82. The molecule has 0 spiro atoms. The minimum atomic E-state index is 0.0168. The monoisotopic (exact) mass is 277 g/mol. The molecule has 19 heavy (non-hydrogen) atoms. The van der Waals surface area contributed by atoms with E-state index in [1.165, 1.54) is 0 Å². The van der Waals surface area contributed by atoms with Gasteiger partial charge < -0.3 is 5.32 Å². The van der Waals surface area contributed by atoms with Crippen molar-refractivity contribution in [1.29, 1.82) is 0 Å². The van der Waals surface area contributed by atoms with Crippen molar-refractivity contribution < 1.29 is 0 Å². The first-order chi connectivity index (χ1) is 9.26. The van der Waals surface area contributed by atoms with Crippen LogP contribution in [0.2, 0.25) is 0 Å². The molecule has 0 bridgehead atoms. The SMILES string of the molecule is CCCn1nc(-c2cccs2)cc(CNCC)c1=O. The van der Waals surface area contributed by atoms with Gasteiger partial charge in [0.05, 0.1) is 4.88 Å². The van der Waals surface area contributed by atoms with Gasteiger partial charge in [-0.25, -0.2) is 4.68 Å². The normalized spacial score (nSPS) is 10.8. The van der Waals surface area contributed by atoms with Crippen LogP contribution in [0.1, 0.15) is 25.8 Å². The lowest BCUT2D eigenvalue weighted by Crippen LogP contribution is -2.29. The molecule has 102 valence electrons. The molecule has 0 atom stereocenters. The summed E-state index contributed by atoms with van der Waals surface area (Å²) in [6.07, 6.45) is 0.904. The Balaban J connectivity index is 2.44. The summed E-state index contributed by atoms with van der Waals surface area (Å²) in [5.74, 6) is 0. The number of hydrogen-bond acceptors (Lipinski definition) is 4. The maximum Gasteiger partial charge on any atom is 0.271 e. The fourth-order valence-electron chi connectivity index (χ4n) is 1.89. The molecule has 1 N–H and O–H groups in total. The van der Waals surface area contributed by atoms with E-state index in [2.05, 4.69) is 17.3 Å². The zero-order valence-corrected chi connectivity index (χ0v) is 12.2. The summed E-state index contributed by atoms with van der Waals surface area (Å²) in [4.78, 5) is 13.4. The Morgan fingerprint density at radius 1 is 1.42 bits per heavy atom. The average Bonchev–Trinajstić information content (AvgIpc) is 2.94. The quantitative estimate of drug-likeness (QED) is 0.882. The minimum absolute atomic E-state index is 0.0168. The van der Waals surface area contributed by atoms with Crippen molar-refractivity contribution >= 4 is 11.3 Å². The lowest BCUT2D eigenvalue weighted by Gasteiger charge is -2.09. The van der Waals surface area contributed by atoms with Crippen molar-refractivity contribution in [2.45, 2.75) is 33.4 Å². The topological polar surface area (TPSA) is 46.9 Å². The molecule has 0 unspecified atom stereocenters. The zero-order valence-electron chi connectivity index (χ0n) is 11.3. The molecule has 0 aliphatic carbocycles. The second-order valence-corrected chi connectivity index (χ2v) is 5.29. The number of aromatic nitrogens is 2. The predicted molar refractivity (Wildman–Crippen MR) is 79.5 cm³/mol. The Hall–Kier alpha value is -1.46. The van der Waals surface area contributed by atoms with E-state index < -0.39 is 0 Å². The molecule has 2 aromatic heterocycles. The van der Waals surface area contributed by atoms with Crippen LogP contribution in [0.5, 0.6) is 0 Å². The molecule has 0 fully saturated rings. The second-order valence-electron chi connectivity index (χ2n) is 4.34. The lowest BCUT2D eigenvalue weighted by atomic mass is 10.2. The van der Waals surface area contributed by atoms with Crippen LogP contribution >= 0.6 is 11.3 Å². The third kappa shape index (κ3) is 3.30. The van der Waals surface area contributed by atoms with Crippen LogP contribution in [0.3, 0.4) is 0 Å². The number of aryl methyl sites for hydroxylation is 1. The highest BCUT2D eigenvalue weighted by atomic mass is 32.1. The van der Waals surface area contributed by atoms with Gasteiger partial charge in [-0.3, -0.25) is 4.79 Å². The third-order valence-corrected chi connectivity index (χ3v) is 3.72. The van der Waals surface area contributed by atoms with Gasteiger partial charge in [0.1, 0.15) is 5.69 Å². The molecule has 2 rings (SSSR count). The van der Waals surface area contributed by atoms with E-state index in [0.29, 0.717) is 13.1 Å². The summed E-state index contributed by atoms with van der Waals surface area (Å²) in [6.45, 7) is 6.20. The van der Waals surface area contributed by atoms with E-state index in [1.807, 2.05) is 30.5 Å². The van der Waals surface area contributed by atoms with E-state index >= 15 is 0 Å². The summed E-state index contributed by atoms with van der Waals surface area (Å²) in [5, 5.41) is 9.69. The summed E-state index contributed by atoms with van der Waals surface area (Å²) in [6, 6.07) is 5.94. The van der Waals surface area contributed by atoms with Crippen molar-refractivity contribution in [1.82, 2.24) is 15.1 Å². The number of nitrogens with zero attached hydrogens (tertiary/aromatic N) is 2. The zero-order chi connectivity index (χ0) is 13.7. The van der Waals surface area contributed by atoms with Gasteiger partial charge in [0.2, 0.25) is 0 Å². The summed E-state index contributed by atoms with van der Waals surface area (Å²) in [7, 11) is 0. The van der Waals surface area contributed by atoms with Gasteiger partial charge in [-0.15, -0.1) is 11.3 Å². The molecule has 2 aromatic rings. The molecular weight excluding hydrogens is 258 g/mol. The molecule has 0 amide bonds. The van der Waals surface area contributed by atoms with Crippen LogP contribution in [-0.4, -0.2) is 16.3 Å². The van der Waals surface area contributed by atoms with Gasteiger partial charge in [-0.05, 0) is 30.5 Å². The molecule has 0 aliphatic rings. The number of hydrogen-bond donors (Lipinski definition) is 1. The fraction of sp³-hybridized carbons (Fsp3) is 0.429. The summed E-state index contributed by atoms with van der Waals surface area (Å²) >= 11 is 1.64. The van der Waals surface area contributed by atoms with E-state index in [0.717, 1.165) is 29.1 Å². The van der Waals surface area contributed by atoms with Crippen molar-refractivity contribution in [3.63, 3.8) is 0 Å². The highest BCUT2D eigenvalue weighted by Gasteiger charge is 2.09. The smallest absolute Gasteiger partial charge is 0.271 e. The van der Waals surface area contributed by atoms with Gasteiger partial charge in [0.15, 0.2) is 0 Å². The first-order valence-electron chi connectivity index (χ1n) is 6.61. The van der Waals surface area contributed by atoms with Gasteiger partial charge in [0.25, 0.3) is 5.56 Å². The standard InChI is InChI=1S/C14H19N3OS/c1-3-7-17-14(18)11(10-15-4-2)9-12(16-17)13-6-5-8-19-13/h5-6,8-9,15H,3-4,7,10H2,1-2H3. The molecule has 0 radical (unpaired) electrons. The Labute approximate surface area is 117 Å². The van der Waals surface area contributed by atoms with Gasteiger partial charge >= 0.3 is 0 Å². The number of rotatable bonds is 6. The van der Waals surface area contributed by atoms with Crippen molar-refractivity contribution in [2.75, 3.05) is 6.54 Å². The Kier molecular flexibility index (Phi) is 4.87. The van der Waals surface area contributed by atoms with E-state index in [4.69, 9.17) is 0 Å². The Bertz CT molecular complexity index is 575. The second kappa shape index (κ2) is 6.63. The maximum atomic E-state index is 12.3. The van der Waals surface area contributed by atoms with Crippen LogP contribution in [0.15, 0.2) is 28.4 Å². The minimum Gasteiger partial charge on any atom is -0.313 e. The molecule has 0 aromatic carbocycles. The van der Waals surface area contributed by atoms with Crippen molar-refractivity contribution in [2.24, 2.45) is 0 Å². The Morgan fingerprint density at radius 3 is 2.89 bits per heavy atom. The number of thiophene rings is 1.